The summed E-state index contributed by atoms with van der Waals surface area (Å²) >= 11 is 0. The number of hydrogen-bond donors (Lipinski definition) is 0. The Morgan fingerprint density at radius 1 is 0.742 bits per heavy atom. The molecule has 4 nitrogen and oxygen atoms in total. The van der Waals surface area contributed by atoms with Gasteiger partial charge in [-0.1, -0.05) is 12.1 Å². The summed E-state index contributed by atoms with van der Waals surface area (Å²) in [6, 6.07) is 13.6. The van der Waals surface area contributed by atoms with Gasteiger partial charge in [-0.2, -0.15) is 5.26 Å². The Bertz CT molecular complexity index is 1090. The summed E-state index contributed by atoms with van der Waals surface area (Å²) in [5.74, 6) is -0.836. The van der Waals surface area contributed by atoms with E-state index in [2.05, 4.69) is 14.5 Å². The molecule has 3 aromatic rings. The van der Waals surface area contributed by atoms with E-state index in [4.69, 9.17) is 5.26 Å². The van der Waals surface area contributed by atoms with E-state index >= 15 is 0 Å². The van der Waals surface area contributed by atoms with Gasteiger partial charge in [0.05, 0.1) is 18.2 Å². The first kappa shape index (κ1) is 22.0. The fourth-order valence-corrected chi connectivity index (χ4v) is 2.91. The Kier molecular flexibility index (Phi) is 6.06. The van der Waals surface area contributed by atoms with Gasteiger partial charge in [0, 0.05) is 17.3 Å². The smallest absolute Gasteiger partial charge is 0.406 e. The molecule has 1 heterocycles. The Labute approximate surface area is 172 Å². The lowest BCUT2D eigenvalue weighted by molar-refractivity contribution is -0.275. The molecule has 0 unspecified atom stereocenters. The molecule has 0 aliphatic heterocycles. The first-order chi connectivity index (χ1) is 14.6. The Balaban J connectivity index is 2.03. The number of benzene rings is 2. The molecule has 0 saturated heterocycles. The van der Waals surface area contributed by atoms with E-state index in [1.807, 2.05) is 6.07 Å². The van der Waals surface area contributed by atoms with E-state index in [1.54, 1.807) is 6.07 Å². The molecule has 0 aliphatic rings. The van der Waals surface area contributed by atoms with E-state index in [0.717, 1.165) is 24.3 Å². The van der Waals surface area contributed by atoms with Crippen LogP contribution >= 0.6 is 0 Å². The summed E-state index contributed by atoms with van der Waals surface area (Å²) in [5, 5.41) is 9.13. The van der Waals surface area contributed by atoms with Crippen molar-refractivity contribution in [2.24, 2.45) is 0 Å². The minimum atomic E-state index is -4.84. The van der Waals surface area contributed by atoms with Crippen molar-refractivity contribution in [3.63, 3.8) is 0 Å². The standard InChI is InChI=1S/C21H12F6N2O2/c22-20(23,24)30-16-5-1-13(2-6-16)18-14(9-11-28)10-12-29-19(18)15-3-7-17(8-4-15)31-21(25,26)27/h1-8,10,12H,9H2. The summed E-state index contributed by atoms with van der Waals surface area (Å²) in [6.45, 7) is 0. The Morgan fingerprint density at radius 2 is 1.23 bits per heavy atom. The molecule has 0 atom stereocenters. The fourth-order valence-electron chi connectivity index (χ4n) is 2.91. The van der Waals surface area contributed by atoms with Crippen LogP contribution in [-0.2, 0) is 6.42 Å². The lowest BCUT2D eigenvalue weighted by Gasteiger charge is -2.15. The maximum absolute atomic E-state index is 12.4. The van der Waals surface area contributed by atoms with Gasteiger partial charge in [0.25, 0.3) is 0 Å². The SMILES string of the molecule is N#CCc1ccnc(-c2ccc(OC(F)(F)F)cc2)c1-c1ccc(OC(F)(F)F)cc1. The minimum Gasteiger partial charge on any atom is -0.406 e. The summed E-state index contributed by atoms with van der Waals surface area (Å²) in [6.07, 6.45) is -8.25. The zero-order valence-corrected chi connectivity index (χ0v) is 15.5. The van der Waals surface area contributed by atoms with Crippen LogP contribution in [-0.4, -0.2) is 17.7 Å². The summed E-state index contributed by atoms with van der Waals surface area (Å²) < 4.78 is 82.1. The van der Waals surface area contributed by atoms with Gasteiger partial charge in [-0.25, -0.2) is 0 Å². The quantitative estimate of drug-likeness (QED) is 0.440. The lowest BCUT2D eigenvalue weighted by atomic mass is 9.93. The highest BCUT2D eigenvalue weighted by Crippen LogP contribution is 2.36. The highest BCUT2D eigenvalue weighted by atomic mass is 19.4. The number of nitriles is 1. The van der Waals surface area contributed by atoms with Crippen LogP contribution in [0.25, 0.3) is 22.4 Å². The van der Waals surface area contributed by atoms with Crippen LogP contribution in [0, 0.1) is 11.3 Å². The van der Waals surface area contributed by atoms with Crippen molar-refractivity contribution in [1.29, 1.82) is 5.26 Å². The fraction of sp³-hybridized carbons (Fsp3) is 0.143. The number of pyridine rings is 1. The minimum absolute atomic E-state index is 0.0130. The average Bonchev–Trinajstić information content (AvgIpc) is 2.67. The van der Waals surface area contributed by atoms with Crippen molar-refractivity contribution in [3.8, 4) is 40.0 Å². The van der Waals surface area contributed by atoms with Crippen LogP contribution < -0.4 is 9.47 Å². The molecular weight excluding hydrogens is 426 g/mol. The average molecular weight is 438 g/mol. The van der Waals surface area contributed by atoms with Gasteiger partial charge in [0.1, 0.15) is 11.5 Å². The second-order valence-electron chi connectivity index (χ2n) is 6.17. The van der Waals surface area contributed by atoms with Crippen molar-refractivity contribution in [1.82, 2.24) is 4.98 Å². The number of nitrogens with zero attached hydrogens (tertiary/aromatic N) is 2. The molecule has 0 spiro atoms. The van der Waals surface area contributed by atoms with Crippen molar-refractivity contribution >= 4 is 0 Å². The molecule has 0 aliphatic carbocycles. The Hall–Kier alpha value is -3.74. The molecular formula is C21H12F6N2O2. The van der Waals surface area contributed by atoms with Gasteiger partial charge in [0.2, 0.25) is 0 Å². The molecule has 0 saturated carbocycles. The number of hydrogen-bond acceptors (Lipinski definition) is 4. The first-order valence-corrected chi connectivity index (χ1v) is 8.63. The van der Waals surface area contributed by atoms with Crippen LogP contribution in [0.5, 0.6) is 11.5 Å². The van der Waals surface area contributed by atoms with Crippen LogP contribution in [0.1, 0.15) is 5.56 Å². The predicted octanol–water partition coefficient (Wildman–Crippen LogP) is 6.28. The normalized spacial score (nSPS) is 11.6. The van der Waals surface area contributed by atoms with Gasteiger partial charge in [0.15, 0.2) is 0 Å². The van der Waals surface area contributed by atoms with E-state index in [1.165, 1.54) is 30.5 Å². The second-order valence-corrected chi connectivity index (χ2v) is 6.17. The van der Waals surface area contributed by atoms with Crippen LogP contribution in [0.2, 0.25) is 0 Å². The second kappa shape index (κ2) is 8.55. The highest BCUT2D eigenvalue weighted by molar-refractivity contribution is 5.83. The van der Waals surface area contributed by atoms with Crippen molar-refractivity contribution in [2.75, 3.05) is 0 Å². The number of halogens is 6. The van der Waals surface area contributed by atoms with Crippen molar-refractivity contribution < 1.29 is 35.8 Å². The molecule has 0 radical (unpaired) electrons. The van der Waals surface area contributed by atoms with Gasteiger partial charge < -0.3 is 9.47 Å². The zero-order valence-electron chi connectivity index (χ0n) is 15.5. The summed E-state index contributed by atoms with van der Waals surface area (Å²) in [7, 11) is 0. The molecule has 0 amide bonds. The molecule has 1 aromatic heterocycles. The molecule has 3 rings (SSSR count). The van der Waals surface area contributed by atoms with E-state index in [9.17, 15) is 26.3 Å². The largest absolute Gasteiger partial charge is 0.573 e. The lowest BCUT2D eigenvalue weighted by Crippen LogP contribution is -2.17. The number of aromatic nitrogens is 1. The third-order valence-electron chi connectivity index (χ3n) is 4.04. The number of ether oxygens (including phenoxy) is 2. The summed E-state index contributed by atoms with van der Waals surface area (Å²) in [5.41, 5.74) is 2.24. The molecule has 10 heteroatoms. The molecule has 0 bridgehead atoms. The zero-order chi connectivity index (χ0) is 22.6. The van der Waals surface area contributed by atoms with E-state index in [-0.39, 0.29) is 6.42 Å². The van der Waals surface area contributed by atoms with Gasteiger partial charge >= 0.3 is 12.7 Å². The first-order valence-electron chi connectivity index (χ1n) is 8.63. The third-order valence-corrected chi connectivity index (χ3v) is 4.04. The Morgan fingerprint density at radius 3 is 1.68 bits per heavy atom. The maximum Gasteiger partial charge on any atom is 0.573 e. The number of rotatable bonds is 5. The highest BCUT2D eigenvalue weighted by Gasteiger charge is 2.31. The van der Waals surface area contributed by atoms with Gasteiger partial charge in [-0.05, 0) is 53.6 Å². The molecule has 0 N–H and O–H groups in total. The van der Waals surface area contributed by atoms with Crippen LogP contribution in [0.3, 0.4) is 0 Å². The van der Waals surface area contributed by atoms with Crippen molar-refractivity contribution in [2.45, 2.75) is 19.1 Å². The van der Waals surface area contributed by atoms with Crippen LogP contribution in [0.4, 0.5) is 26.3 Å². The summed E-state index contributed by atoms with van der Waals surface area (Å²) in [4.78, 5) is 4.27. The molecule has 160 valence electrons. The molecule has 0 fully saturated rings. The monoisotopic (exact) mass is 438 g/mol. The third kappa shape index (κ3) is 5.88. The van der Waals surface area contributed by atoms with Crippen LogP contribution in [0.15, 0.2) is 60.8 Å². The van der Waals surface area contributed by atoms with Gasteiger partial charge in [-0.3, -0.25) is 4.98 Å². The molecule has 31 heavy (non-hydrogen) atoms. The predicted molar refractivity (Wildman–Crippen MR) is 97.8 cm³/mol. The van der Waals surface area contributed by atoms with Gasteiger partial charge in [-0.15, -0.1) is 26.3 Å². The van der Waals surface area contributed by atoms with E-state index in [0.29, 0.717) is 27.9 Å². The number of alkyl halides is 6. The maximum atomic E-state index is 12.4. The topological polar surface area (TPSA) is 55.1 Å². The molecule has 2 aromatic carbocycles. The van der Waals surface area contributed by atoms with E-state index < -0.39 is 24.2 Å². The van der Waals surface area contributed by atoms with Crippen molar-refractivity contribution in [3.05, 3.63) is 66.4 Å².